The van der Waals surface area contributed by atoms with Gasteiger partial charge < -0.3 is 9.47 Å². The van der Waals surface area contributed by atoms with E-state index in [2.05, 4.69) is 5.32 Å². The molecule has 0 aliphatic carbocycles. The average Bonchev–Trinajstić information content (AvgIpc) is 2.53. The van der Waals surface area contributed by atoms with Crippen molar-refractivity contribution in [2.45, 2.75) is 25.1 Å². The molecule has 1 unspecified atom stereocenters. The number of hydrogen-bond donors (Lipinski definition) is 1. The Bertz CT molecular complexity index is 502. The normalized spacial score (nSPS) is 21.5. The largest absolute Gasteiger partial charge is 0.461 e. The van der Waals surface area contributed by atoms with Gasteiger partial charge in [0.2, 0.25) is 5.78 Å². The number of morpholine rings is 1. The van der Waals surface area contributed by atoms with E-state index in [9.17, 15) is 14.4 Å². The van der Waals surface area contributed by atoms with Crippen LogP contribution in [-0.2, 0) is 30.5 Å². The molecule has 2 atom stereocenters. The van der Waals surface area contributed by atoms with Gasteiger partial charge in [-0.1, -0.05) is 30.3 Å². The van der Waals surface area contributed by atoms with Gasteiger partial charge in [0.15, 0.2) is 6.29 Å². The second kappa shape index (κ2) is 7.66. The summed E-state index contributed by atoms with van der Waals surface area (Å²) in [6.45, 7) is 0.667. The fourth-order valence-corrected chi connectivity index (χ4v) is 2.07. The molecule has 1 aliphatic rings. The minimum atomic E-state index is -0.678. The SMILES string of the molecule is O=CC(=O)C1COC[C@H](CC(=O)OCc2ccccc2)N1. The first-order chi connectivity index (χ1) is 10.2. The minimum absolute atomic E-state index is 0.0927. The number of carbonyl (C=O) groups is 3. The molecule has 2 rings (SSSR count). The molecule has 0 amide bonds. The van der Waals surface area contributed by atoms with Crippen molar-refractivity contribution < 1.29 is 23.9 Å². The molecule has 1 aromatic rings. The lowest BCUT2D eigenvalue weighted by Gasteiger charge is -2.28. The molecule has 112 valence electrons. The zero-order chi connectivity index (χ0) is 15.1. The van der Waals surface area contributed by atoms with E-state index < -0.39 is 11.8 Å². The van der Waals surface area contributed by atoms with Crippen LogP contribution < -0.4 is 5.32 Å². The number of esters is 1. The monoisotopic (exact) mass is 291 g/mol. The van der Waals surface area contributed by atoms with Gasteiger partial charge in [-0.2, -0.15) is 0 Å². The summed E-state index contributed by atoms with van der Waals surface area (Å²) < 4.78 is 10.4. The van der Waals surface area contributed by atoms with E-state index in [0.717, 1.165) is 5.56 Å². The Morgan fingerprint density at radius 3 is 2.76 bits per heavy atom. The Hall–Kier alpha value is -2.05. The number of Topliss-reactive ketones (excluding diaryl/α,β-unsaturated/α-hetero) is 1. The molecule has 1 aromatic carbocycles. The number of rotatable bonds is 6. The molecular weight excluding hydrogens is 274 g/mol. The molecule has 1 heterocycles. The summed E-state index contributed by atoms with van der Waals surface area (Å²) in [7, 11) is 0. The van der Waals surface area contributed by atoms with Crippen LogP contribution in [0, 0.1) is 0 Å². The van der Waals surface area contributed by atoms with Crippen LogP contribution in [0.1, 0.15) is 12.0 Å². The first-order valence-corrected chi connectivity index (χ1v) is 6.71. The quantitative estimate of drug-likeness (QED) is 0.459. The van der Waals surface area contributed by atoms with Crippen molar-refractivity contribution >= 4 is 18.0 Å². The van der Waals surface area contributed by atoms with Gasteiger partial charge in [0.05, 0.1) is 25.7 Å². The van der Waals surface area contributed by atoms with Crippen LogP contribution in [0.4, 0.5) is 0 Å². The maximum atomic E-state index is 11.8. The van der Waals surface area contributed by atoms with Crippen LogP contribution in [0.15, 0.2) is 30.3 Å². The average molecular weight is 291 g/mol. The van der Waals surface area contributed by atoms with Crippen molar-refractivity contribution in [3.63, 3.8) is 0 Å². The third-order valence-electron chi connectivity index (χ3n) is 3.16. The third-order valence-corrected chi connectivity index (χ3v) is 3.16. The third kappa shape index (κ3) is 4.77. The van der Waals surface area contributed by atoms with Crippen LogP contribution >= 0.6 is 0 Å². The molecule has 1 N–H and O–H groups in total. The summed E-state index contributed by atoms with van der Waals surface area (Å²) in [5.41, 5.74) is 0.910. The van der Waals surface area contributed by atoms with E-state index in [0.29, 0.717) is 6.61 Å². The van der Waals surface area contributed by atoms with E-state index in [4.69, 9.17) is 9.47 Å². The number of ether oxygens (including phenoxy) is 2. The number of ketones is 1. The predicted molar refractivity (Wildman–Crippen MR) is 73.5 cm³/mol. The van der Waals surface area contributed by atoms with Crippen molar-refractivity contribution in [2.75, 3.05) is 13.2 Å². The Kier molecular flexibility index (Phi) is 5.59. The first-order valence-electron chi connectivity index (χ1n) is 6.71. The van der Waals surface area contributed by atoms with E-state index in [1.807, 2.05) is 30.3 Å². The number of aldehydes is 1. The Morgan fingerprint density at radius 2 is 2.05 bits per heavy atom. The molecule has 0 radical (unpaired) electrons. The van der Waals surface area contributed by atoms with E-state index >= 15 is 0 Å². The zero-order valence-corrected chi connectivity index (χ0v) is 11.5. The van der Waals surface area contributed by atoms with Crippen molar-refractivity contribution in [1.29, 1.82) is 0 Å². The highest BCUT2D eigenvalue weighted by molar-refractivity contribution is 6.27. The molecule has 6 heteroatoms. The van der Waals surface area contributed by atoms with Crippen LogP contribution in [-0.4, -0.2) is 43.3 Å². The van der Waals surface area contributed by atoms with Gasteiger partial charge in [0.1, 0.15) is 6.61 Å². The summed E-state index contributed by atoms with van der Waals surface area (Å²) in [6, 6.07) is 8.37. The Balaban J connectivity index is 1.77. The molecule has 0 aromatic heterocycles. The molecule has 0 saturated carbocycles. The molecule has 1 aliphatic heterocycles. The summed E-state index contributed by atoms with van der Waals surface area (Å²) >= 11 is 0. The topological polar surface area (TPSA) is 81.7 Å². The van der Waals surface area contributed by atoms with Crippen molar-refractivity contribution in [3.05, 3.63) is 35.9 Å². The fourth-order valence-electron chi connectivity index (χ4n) is 2.07. The standard InChI is InChI=1S/C15H17NO5/c17-7-14(18)13-10-20-9-12(16-13)6-15(19)21-8-11-4-2-1-3-5-11/h1-5,7,12-13,16H,6,8-10H2/t12-,13?/m0/s1. The maximum absolute atomic E-state index is 11.8. The van der Waals surface area contributed by atoms with E-state index in [1.165, 1.54) is 0 Å². The fraction of sp³-hybridized carbons (Fsp3) is 0.400. The highest BCUT2D eigenvalue weighted by atomic mass is 16.5. The van der Waals surface area contributed by atoms with Gasteiger partial charge in [-0.25, -0.2) is 0 Å². The summed E-state index contributed by atoms with van der Waals surface area (Å²) in [4.78, 5) is 33.5. The summed E-state index contributed by atoms with van der Waals surface area (Å²) in [6.07, 6.45) is 0.354. The molecule has 0 spiro atoms. The van der Waals surface area contributed by atoms with E-state index in [1.54, 1.807) is 0 Å². The molecule has 1 fully saturated rings. The second-order valence-corrected chi connectivity index (χ2v) is 4.82. The van der Waals surface area contributed by atoms with Gasteiger partial charge in [-0.3, -0.25) is 19.7 Å². The lowest BCUT2D eigenvalue weighted by molar-refractivity contribution is -0.147. The number of benzene rings is 1. The van der Waals surface area contributed by atoms with Crippen LogP contribution in [0.2, 0.25) is 0 Å². The van der Waals surface area contributed by atoms with Crippen LogP contribution in [0.25, 0.3) is 0 Å². The Morgan fingerprint density at radius 1 is 1.29 bits per heavy atom. The summed E-state index contributed by atoms with van der Waals surface area (Å²) in [5.74, 6) is -0.948. The molecular formula is C15H17NO5. The van der Waals surface area contributed by atoms with Gasteiger partial charge >= 0.3 is 5.97 Å². The van der Waals surface area contributed by atoms with Crippen LogP contribution in [0.5, 0.6) is 0 Å². The first kappa shape index (κ1) is 15.3. The van der Waals surface area contributed by atoms with Gasteiger partial charge in [0, 0.05) is 6.04 Å². The predicted octanol–water partition coefficient (Wildman–Crippen LogP) is 0.245. The lowest BCUT2D eigenvalue weighted by Crippen LogP contribution is -2.53. The number of nitrogens with one attached hydrogen (secondary N) is 1. The highest BCUT2D eigenvalue weighted by Gasteiger charge is 2.28. The zero-order valence-electron chi connectivity index (χ0n) is 11.5. The maximum Gasteiger partial charge on any atom is 0.307 e. The number of hydrogen-bond acceptors (Lipinski definition) is 6. The lowest BCUT2D eigenvalue weighted by atomic mass is 10.1. The molecule has 21 heavy (non-hydrogen) atoms. The molecule has 6 nitrogen and oxygen atoms in total. The van der Waals surface area contributed by atoms with Crippen molar-refractivity contribution in [2.24, 2.45) is 0 Å². The Labute approximate surface area is 122 Å². The van der Waals surface area contributed by atoms with Crippen LogP contribution in [0.3, 0.4) is 0 Å². The summed E-state index contributed by atoms with van der Waals surface area (Å²) in [5, 5.41) is 2.93. The minimum Gasteiger partial charge on any atom is -0.461 e. The smallest absolute Gasteiger partial charge is 0.307 e. The second-order valence-electron chi connectivity index (χ2n) is 4.82. The molecule has 1 saturated heterocycles. The van der Waals surface area contributed by atoms with Gasteiger partial charge in [0.25, 0.3) is 0 Å². The van der Waals surface area contributed by atoms with Gasteiger partial charge in [-0.05, 0) is 5.56 Å². The van der Waals surface area contributed by atoms with E-state index in [-0.39, 0.29) is 37.9 Å². The highest BCUT2D eigenvalue weighted by Crippen LogP contribution is 2.07. The van der Waals surface area contributed by atoms with Crippen molar-refractivity contribution in [1.82, 2.24) is 5.32 Å². The van der Waals surface area contributed by atoms with Crippen molar-refractivity contribution in [3.8, 4) is 0 Å². The van der Waals surface area contributed by atoms with Gasteiger partial charge in [-0.15, -0.1) is 0 Å². The molecule has 0 bridgehead atoms. The number of carbonyl (C=O) groups excluding carboxylic acids is 3.